The minimum atomic E-state index is 0.0637. The lowest BCUT2D eigenvalue weighted by Gasteiger charge is -2.18. The van der Waals surface area contributed by atoms with E-state index in [-0.39, 0.29) is 5.91 Å². The maximum Gasteiger partial charge on any atom is 0.230 e. The maximum atomic E-state index is 12.1. The molecule has 1 heterocycles. The summed E-state index contributed by atoms with van der Waals surface area (Å²) in [7, 11) is 1.79. The summed E-state index contributed by atoms with van der Waals surface area (Å²) in [5.74, 6) is 0.0637. The number of carbonyl (C=O) groups excluding carboxylic acids is 1. The van der Waals surface area contributed by atoms with Crippen LogP contribution in [0.3, 0.4) is 0 Å². The number of amides is 1. The van der Waals surface area contributed by atoms with Crippen molar-refractivity contribution in [3.8, 4) is 0 Å². The van der Waals surface area contributed by atoms with E-state index in [1.165, 1.54) is 0 Å². The highest BCUT2D eigenvalue weighted by atomic mass is 35.5. The highest BCUT2D eigenvalue weighted by molar-refractivity contribution is 6.31. The molecule has 1 aromatic carbocycles. The third-order valence-electron chi connectivity index (χ3n) is 3.39. The first-order chi connectivity index (χ1) is 10.0. The van der Waals surface area contributed by atoms with Crippen molar-refractivity contribution in [2.24, 2.45) is 0 Å². The van der Waals surface area contributed by atoms with Crippen LogP contribution in [0.5, 0.6) is 0 Å². The summed E-state index contributed by atoms with van der Waals surface area (Å²) in [5, 5.41) is 0.616. The molecule has 3 heteroatoms. The van der Waals surface area contributed by atoms with Crippen molar-refractivity contribution in [3.63, 3.8) is 0 Å². The minimum Gasteiger partial charge on any atom is -0.315 e. The molecule has 1 aromatic rings. The Morgan fingerprint density at radius 3 is 2.81 bits per heavy atom. The number of allylic oxidation sites excluding steroid dienone is 6. The number of hydrogen-bond acceptors (Lipinski definition) is 1. The smallest absolute Gasteiger partial charge is 0.230 e. The Morgan fingerprint density at radius 1 is 1.38 bits per heavy atom. The third-order valence-corrected chi connectivity index (χ3v) is 3.63. The van der Waals surface area contributed by atoms with Crippen LogP contribution in [-0.4, -0.2) is 13.0 Å². The number of hydrogen-bond donors (Lipinski definition) is 0. The van der Waals surface area contributed by atoms with Gasteiger partial charge in [0, 0.05) is 24.1 Å². The first kappa shape index (κ1) is 15.3. The summed E-state index contributed by atoms with van der Waals surface area (Å²) < 4.78 is 0. The van der Waals surface area contributed by atoms with Gasteiger partial charge < -0.3 is 4.90 Å². The molecule has 0 atom stereocenters. The monoisotopic (exact) mass is 299 g/mol. The highest BCUT2D eigenvalue weighted by Crippen LogP contribution is 2.34. The van der Waals surface area contributed by atoms with E-state index in [0.717, 1.165) is 22.4 Å². The Balaban J connectivity index is 2.49. The average molecular weight is 300 g/mol. The summed E-state index contributed by atoms with van der Waals surface area (Å²) in [5.41, 5.74) is 3.64. The van der Waals surface area contributed by atoms with Crippen molar-refractivity contribution in [2.75, 3.05) is 11.9 Å². The predicted octanol–water partition coefficient (Wildman–Crippen LogP) is 4.69. The van der Waals surface area contributed by atoms with Gasteiger partial charge in [-0.1, -0.05) is 48.5 Å². The zero-order valence-corrected chi connectivity index (χ0v) is 13.0. The van der Waals surface area contributed by atoms with Crippen LogP contribution in [-0.2, 0) is 4.79 Å². The Hall–Kier alpha value is -2.06. The van der Waals surface area contributed by atoms with Crippen LogP contribution in [0, 0.1) is 0 Å². The molecule has 0 unspecified atom stereocenters. The molecule has 0 saturated carbocycles. The molecular weight excluding hydrogens is 282 g/mol. The van der Waals surface area contributed by atoms with Crippen LogP contribution in [0.1, 0.15) is 18.9 Å². The van der Waals surface area contributed by atoms with Crippen LogP contribution >= 0.6 is 11.6 Å². The van der Waals surface area contributed by atoms with E-state index in [1.54, 1.807) is 11.9 Å². The molecule has 108 valence electrons. The van der Waals surface area contributed by atoms with Crippen molar-refractivity contribution < 1.29 is 4.79 Å². The number of halogens is 1. The second kappa shape index (κ2) is 6.59. The molecule has 0 aliphatic carbocycles. The van der Waals surface area contributed by atoms with Crippen molar-refractivity contribution in [3.05, 3.63) is 71.3 Å². The second-order valence-corrected chi connectivity index (χ2v) is 5.28. The molecule has 0 N–H and O–H groups in total. The molecule has 1 aliphatic rings. The van der Waals surface area contributed by atoms with Gasteiger partial charge in [-0.2, -0.15) is 0 Å². The lowest BCUT2D eigenvalue weighted by atomic mass is 9.96. The number of benzene rings is 1. The summed E-state index contributed by atoms with van der Waals surface area (Å²) >= 11 is 6.13. The van der Waals surface area contributed by atoms with Gasteiger partial charge in [0.05, 0.1) is 5.69 Å². The van der Waals surface area contributed by atoms with E-state index in [0.29, 0.717) is 11.5 Å². The highest BCUT2D eigenvalue weighted by Gasteiger charge is 2.20. The Morgan fingerprint density at radius 2 is 2.10 bits per heavy atom. The van der Waals surface area contributed by atoms with Crippen molar-refractivity contribution in [2.45, 2.75) is 13.3 Å². The van der Waals surface area contributed by atoms with Crippen LogP contribution in [0.4, 0.5) is 5.69 Å². The van der Waals surface area contributed by atoms with E-state index in [2.05, 4.69) is 6.58 Å². The zero-order chi connectivity index (χ0) is 15.4. The van der Waals surface area contributed by atoms with Gasteiger partial charge in [0.1, 0.15) is 0 Å². The molecule has 21 heavy (non-hydrogen) atoms. The van der Waals surface area contributed by atoms with Crippen LogP contribution in [0.25, 0.3) is 5.57 Å². The Kier molecular flexibility index (Phi) is 4.81. The van der Waals surface area contributed by atoms with Crippen LogP contribution in [0.2, 0.25) is 0 Å². The first-order valence-corrected chi connectivity index (χ1v) is 7.17. The van der Waals surface area contributed by atoms with Crippen LogP contribution < -0.4 is 4.90 Å². The lowest BCUT2D eigenvalue weighted by Crippen LogP contribution is -2.24. The van der Waals surface area contributed by atoms with Gasteiger partial charge in [-0.05, 0) is 36.3 Å². The Labute approximate surface area is 130 Å². The number of carbonyl (C=O) groups is 1. The molecule has 0 bridgehead atoms. The summed E-state index contributed by atoms with van der Waals surface area (Å²) in [6.45, 7) is 6.01. The second-order valence-electron chi connectivity index (χ2n) is 4.85. The fourth-order valence-corrected chi connectivity index (χ4v) is 2.58. The standard InChI is InChI=1S/C18H18ClNO/c1-4-7-14(19)12-13(2)15-10-11-18(21)20(3)17-9-6-5-8-16(15)17/h4-10,12H,2,11H2,1,3H3/b7-4-,14-12+. The minimum absolute atomic E-state index is 0.0637. The predicted molar refractivity (Wildman–Crippen MR) is 90.3 cm³/mol. The Bertz CT molecular complexity index is 668. The summed E-state index contributed by atoms with van der Waals surface area (Å²) in [6, 6.07) is 7.83. The van der Waals surface area contributed by atoms with Crippen molar-refractivity contribution in [1.82, 2.24) is 0 Å². The summed E-state index contributed by atoms with van der Waals surface area (Å²) in [4.78, 5) is 13.8. The number of para-hydroxylation sites is 1. The maximum absolute atomic E-state index is 12.1. The molecule has 1 amide bonds. The van der Waals surface area contributed by atoms with Crippen LogP contribution in [0.15, 0.2) is 65.8 Å². The molecule has 0 radical (unpaired) electrons. The third kappa shape index (κ3) is 3.34. The number of fused-ring (bicyclic) bond motifs is 1. The van der Waals surface area contributed by atoms with Gasteiger partial charge in [-0.25, -0.2) is 0 Å². The number of anilines is 1. The number of nitrogens with zero attached hydrogens (tertiary/aromatic N) is 1. The molecule has 0 saturated heterocycles. The van der Waals surface area contributed by atoms with Gasteiger partial charge >= 0.3 is 0 Å². The quantitative estimate of drug-likeness (QED) is 0.741. The van der Waals surface area contributed by atoms with Gasteiger partial charge in [-0.3, -0.25) is 4.79 Å². The van der Waals surface area contributed by atoms with Gasteiger partial charge in [0.15, 0.2) is 0 Å². The van der Waals surface area contributed by atoms with Crippen molar-refractivity contribution in [1.29, 1.82) is 0 Å². The fourth-order valence-electron chi connectivity index (χ4n) is 2.32. The lowest BCUT2D eigenvalue weighted by molar-refractivity contribution is -0.117. The fraction of sp³-hybridized carbons (Fsp3) is 0.167. The molecule has 2 rings (SSSR count). The molecular formula is C18H18ClNO. The largest absolute Gasteiger partial charge is 0.315 e. The van der Waals surface area contributed by atoms with Gasteiger partial charge in [-0.15, -0.1) is 0 Å². The molecule has 2 nitrogen and oxygen atoms in total. The van der Waals surface area contributed by atoms with Gasteiger partial charge in [0.2, 0.25) is 5.91 Å². The number of rotatable bonds is 3. The molecule has 0 aromatic heterocycles. The topological polar surface area (TPSA) is 20.3 Å². The van der Waals surface area contributed by atoms with E-state index in [9.17, 15) is 4.79 Å². The van der Waals surface area contributed by atoms with E-state index in [1.807, 2.05) is 55.5 Å². The van der Waals surface area contributed by atoms with E-state index >= 15 is 0 Å². The molecule has 0 spiro atoms. The van der Waals surface area contributed by atoms with E-state index in [4.69, 9.17) is 11.6 Å². The van der Waals surface area contributed by atoms with Gasteiger partial charge in [0.25, 0.3) is 0 Å². The van der Waals surface area contributed by atoms with Crippen molar-refractivity contribution >= 4 is 28.8 Å². The molecule has 1 aliphatic heterocycles. The normalized spacial score (nSPS) is 15.8. The zero-order valence-electron chi connectivity index (χ0n) is 12.3. The summed E-state index contributed by atoms with van der Waals surface area (Å²) in [6.07, 6.45) is 7.78. The van der Waals surface area contributed by atoms with E-state index < -0.39 is 0 Å². The SMILES string of the molecule is C=C(/C=C(Cl)\C=C/C)C1=CCC(=O)N(C)c2ccccc21. The first-order valence-electron chi connectivity index (χ1n) is 6.80. The average Bonchev–Trinajstić information content (AvgIpc) is 2.58. The molecule has 0 fully saturated rings.